The van der Waals surface area contributed by atoms with Crippen LogP contribution in [0.1, 0.15) is 12.5 Å². The van der Waals surface area contributed by atoms with Crippen molar-refractivity contribution in [1.82, 2.24) is 9.66 Å². The second-order valence-corrected chi connectivity index (χ2v) is 3.88. The van der Waals surface area contributed by atoms with Gasteiger partial charge in [0.2, 0.25) is 5.91 Å². The third kappa shape index (κ3) is 2.44. The van der Waals surface area contributed by atoms with Gasteiger partial charge in [0.15, 0.2) is 0 Å². The van der Waals surface area contributed by atoms with Gasteiger partial charge >= 0.3 is 5.69 Å². The zero-order valence-electron chi connectivity index (χ0n) is 9.65. The smallest absolute Gasteiger partial charge is 0.304 e. The Morgan fingerprint density at radius 1 is 1.29 bits per heavy atom. The molecule has 0 bridgehead atoms. The van der Waals surface area contributed by atoms with Crippen LogP contribution in [0.4, 0.5) is 0 Å². The Bertz CT molecular complexity index is 593. The van der Waals surface area contributed by atoms with E-state index in [1.807, 2.05) is 31.2 Å². The number of amides is 1. The van der Waals surface area contributed by atoms with E-state index in [0.29, 0.717) is 5.69 Å². The number of hydrogen-bond acceptors (Lipinski definition) is 2. The van der Waals surface area contributed by atoms with Gasteiger partial charge in [-0.25, -0.2) is 9.47 Å². The first-order chi connectivity index (χ1) is 8.06. The fraction of sp³-hybridized carbons (Fsp3) is 0.167. The summed E-state index contributed by atoms with van der Waals surface area (Å²) in [4.78, 5) is 25.1. The zero-order valence-corrected chi connectivity index (χ0v) is 9.65. The van der Waals surface area contributed by atoms with E-state index in [9.17, 15) is 9.59 Å². The van der Waals surface area contributed by atoms with Gasteiger partial charge in [-0.05, 0) is 12.5 Å². The van der Waals surface area contributed by atoms with Gasteiger partial charge in [0, 0.05) is 6.92 Å². The minimum atomic E-state index is -0.365. The van der Waals surface area contributed by atoms with Crippen molar-refractivity contribution in [3.8, 4) is 11.3 Å². The molecule has 0 fully saturated rings. The summed E-state index contributed by atoms with van der Waals surface area (Å²) in [6, 6.07) is 7.75. The van der Waals surface area contributed by atoms with E-state index >= 15 is 0 Å². The highest BCUT2D eigenvalue weighted by Gasteiger charge is 2.05. The Morgan fingerprint density at radius 2 is 1.94 bits per heavy atom. The topological polar surface area (TPSA) is 66.9 Å². The quantitative estimate of drug-likeness (QED) is 0.816. The second-order valence-electron chi connectivity index (χ2n) is 3.88. The van der Waals surface area contributed by atoms with Gasteiger partial charge in [-0.1, -0.05) is 29.8 Å². The van der Waals surface area contributed by atoms with Crippen LogP contribution in [-0.4, -0.2) is 15.6 Å². The van der Waals surface area contributed by atoms with E-state index < -0.39 is 0 Å². The summed E-state index contributed by atoms with van der Waals surface area (Å²) in [6.45, 7) is 3.35. The van der Waals surface area contributed by atoms with Crippen molar-refractivity contribution in [1.29, 1.82) is 0 Å². The normalized spacial score (nSPS) is 10.2. The molecule has 2 rings (SSSR count). The number of carbonyl (C=O) groups excluding carboxylic acids is 1. The first kappa shape index (κ1) is 11.2. The third-order valence-corrected chi connectivity index (χ3v) is 2.36. The first-order valence-electron chi connectivity index (χ1n) is 5.22. The SMILES string of the molecule is CC(=O)Nn1cc(-c2ccc(C)cc2)[nH]c1=O. The predicted octanol–water partition coefficient (Wildman–Crippen LogP) is 1.24. The average molecular weight is 231 g/mol. The van der Waals surface area contributed by atoms with Gasteiger partial charge < -0.3 is 4.98 Å². The monoisotopic (exact) mass is 231 g/mol. The maximum absolute atomic E-state index is 11.5. The van der Waals surface area contributed by atoms with Gasteiger partial charge in [-0.3, -0.25) is 10.2 Å². The molecule has 0 atom stereocenters. The number of aromatic nitrogens is 2. The lowest BCUT2D eigenvalue weighted by atomic mass is 10.1. The van der Waals surface area contributed by atoms with Gasteiger partial charge in [-0.2, -0.15) is 0 Å². The van der Waals surface area contributed by atoms with Crippen LogP contribution in [0.25, 0.3) is 11.3 Å². The Hall–Kier alpha value is -2.30. The molecule has 17 heavy (non-hydrogen) atoms. The van der Waals surface area contributed by atoms with Gasteiger partial charge in [0.1, 0.15) is 0 Å². The van der Waals surface area contributed by atoms with Crippen LogP contribution in [0.2, 0.25) is 0 Å². The number of hydrogen-bond donors (Lipinski definition) is 2. The summed E-state index contributed by atoms with van der Waals surface area (Å²) in [7, 11) is 0. The van der Waals surface area contributed by atoms with Crippen LogP contribution in [0.5, 0.6) is 0 Å². The molecule has 2 N–H and O–H groups in total. The Morgan fingerprint density at radius 3 is 2.53 bits per heavy atom. The van der Waals surface area contributed by atoms with Gasteiger partial charge in [-0.15, -0.1) is 0 Å². The van der Waals surface area contributed by atoms with Crippen LogP contribution >= 0.6 is 0 Å². The second kappa shape index (κ2) is 4.29. The number of rotatable bonds is 2. The van der Waals surface area contributed by atoms with E-state index in [1.54, 1.807) is 6.20 Å². The molecular formula is C12H13N3O2. The van der Waals surface area contributed by atoms with Crippen LogP contribution in [0.3, 0.4) is 0 Å². The number of carbonyl (C=O) groups is 1. The van der Waals surface area contributed by atoms with Gasteiger partial charge in [0.25, 0.3) is 0 Å². The van der Waals surface area contributed by atoms with Crippen molar-refractivity contribution < 1.29 is 4.79 Å². The predicted molar refractivity (Wildman–Crippen MR) is 65.3 cm³/mol. The van der Waals surface area contributed by atoms with Crippen LogP contribution in [-0.2, 0) is 4.79 Å². The van der Waals surface area contributed by atoms with Crippen molar-refractivity contribution in [3.05, 3.63) is 46.5 Å². The van der Waals surface area contributed by atoms with E-state index in [1.165, 1.54) is 6.92 Å². The van der Waals surface area contributed by atoms with Crippen molar-refractivity contribution in [2.45, 2.75) is 13.8 Å². The Balaban J connectivity index is 2.37. The number of nitrogens with one attached hydrogen (secondary N) is 2. The summed E-state index contributed by atoms with van der Waals surface area (Å²) in [5, 5.41) is 0. The Kier molecular flexibility index (Phi) is 2.82. The van der Waals surface area contributed by atoms with E-state index in [0.717, 1.165) is 15.8 Å². The van der Waals surface area contributed by atoms with Crippen LogP contribution in [0.15, 0.2) is 35.3 Å². The highest BCUT2D eigenvalue weighted by Crippen LogP contribution is 2.15. The molecule has 2 aromatic rings. The lowest BCUT2D eigenvalue weighted by molar-refractivity contribution is -0.115. The number of aryl methyl sites for hydroxylation is 1. The molecular weight excluding hydrogens is 218 g/mol. The average Bonchev–Trinajstić information content (AvgIpc) is 2.60. The first-order valence-corrected chi connectivity index (χ1v) is 5.22. The Labute approximate surface area is 98.1 Å². The van der Waals surface area contributed by atoms with Crippen molar-refractivity contribution in [2.24, 2.45) is 0 Å². The van der Waals surface area contributed by atoms with E-state index in [2.05, 4.69) is 10.4 Å². The molecule has 0 saturated heterocycles. The van der Waals surface area contributed by atoms with Crippen molar-refractivity contribution in [3.63, 3.8) is 0 Å². The summed E-state index contributed by atoms with van der Waals surface area (Å²) in [6.07, 6.45) is 1.56. The molecule has 0 unspecified atom stereocenters. The molecule has 1 aromatic carbocycles. The van der Waals surface area contributed by atoms with E-state index in [-0.39, 0.29) is 11.6 Å². The lowest BCUT2D eigenvalue weighted by Crippen LogP contribution is -2.28. The summed E-state index contributed by atoms with van der Waals surface area (Å²) < 4.78 is 1.14. The molecule has 0 radical (unpaired) electrons. The highest BCUT2D eigenvalue weighted by atomic mass is 16.2. The fourth-order valence-electron chi connectivity index (χ4n) is 1.53. The molecule has 0 aliphatic heterocycles. The third-order valence-electron chi connectivity index (χ3n) is 2.36. The molecule has 1 heterocycles. The zero-order chi connectivity index (χ0) is 12.4. The van der Waals surface area contributed by atoms with Crippen molar-refractivity contribution in [2.75, 3.05) is 5.43 Å². The molecule has 5 nitrogen and oxygen atoms in total. The molecule has 1 aromatic heterocycles. The summed E-state index contributed by atoms with van der Waals surface area (Å²) in [5.74, 6) is -0.290. The minimum Gasteiger partial charge on any atom is -0.304 e. The number of imidazole rings is 1. The van der Waals surface area contributed by atoms with Gasteiger partial charge in [0.05, 0.1) is 11.9 Å². The largest absolute Gasteiger partial charge is 0.344 e. The lowest BCUT2D eigenvalue weighted by Gasteiger charge is -1.99. The maximum atomic E-state index is 11.5. The van der Waals surface area contributed by atoms with E-state index in [4.69, 9.17) is 0 Å². The molecule has 0 saturated carbocycles. The molecule has 0 spiro atoms. The standard InChI is InChI=1S/C12H13N3O2/c1-8-3-5-10(6-4-8)11-7-15(12(17)13-11)14-9(2)16/h3-7H,1-2H3,(H,13,17)(H,14,16). The van der Waals surface area contributed by atoms with Crippen LogP contribution in [0, 0.1) is 6.92 Å². The molecule has 5 heteroatoms. The summed E-state index contributed by atoms with van der Waals surface area (Å²) in [5.41, 5.74) is 4.76. The summed E-state index contributed by atoms with van der Waals surface area (Å²) >= 11 is 0. The number of nitrogens with zero attached hydrogens (tertiary/aromatic N) is 1. The minimum absolute atomic E-state index is 0.290. The fourth-order valence-corrected chi connectivity index (χ4v) is 1.53. The molecule has 1 amide bonds. The molecule has 88 valence electrons. The highest BCUT2D eigenvalue weighted by molar-refractivity contribution is 5.81. The van der Waals surface area contributed by atoms with Crippen molar-refractivity contribution >= 4 is 5.91 Å². The van der Waals surface area contributed by atoms with Crippen LogP contribution < -0.4 is 11.1 Å². The number of H-pyrrole nitrogens is 1. The molecule has 0 aliphatic rings. The molecule has 0 aliphatic carbocycles. The number of benzene rings is 1. The maximum Gasteiger partial charge on any atom is 0.344 e. The number of aromatic amines is 1.